The number of esters is 2. The minimum Gasteiger partial charge on any atom is -0.466 e. The molecule has 0 aliphatic rings. The number of carbonyl (C=O) groups is 3. The van der Waals surface area contributed by atoms with Gasteiger partial charge < -0.3 is 19.5 Å². The van der Waals surface area contributed by atoms with E-state index in [0.29, 0.717) is 12.3 Å². The molecule has 7 heteroatoms. The van der Waals surface area contributed by atoms with Crippen LogP contribution in [0.25, 0.3) is 11.1 Å². The Kier molecular flexibility index (Phi) is 12.0. The predicted octanol–water partition coefficient (Wildman–Crippen LogP) is 6.29. The highest BCUT2D eigenvalue weighted by molar-refractivity contribution is 6.11. The molecule has 3 rings (SSSR count). The third-order valence-electron chi connectivity index (χ3n) is 5.73. The van der Waals surface area contributed by atoms with Crippen molar-refractivity contribution in [2.45, 2.75) is 39.0 Å². The van der Waals surface area contributed by atoms with E-state index in [1.807, 2.05) is 54.6 Å². The van der Waals surface area contributed by atoms with Gasteiger partial charge in [0.1, 0.15) is 6.61 Å². The number of anilines is 1. The molecular weight excluding hydrogens is 482 g/mol. The molecule has 0 aliphatic heterocycles. The Morgan fingerprint density at radius 3 is 2.05 bits per heavy atom. The summed E-state index contributed by atoms with van der Waals surface area (Å²) < 4.78 is 15.9. The first-order valence-electron chi connectivity index (χ1n) is 13.0. The first kappa shape index (κ1) is 28.6. The Labute approximate surface area is 224 Å². The molecular formula is C31H35NO6. The molecule has 0 atom stereocenters. The molecule has 3 aromatic rings. The zero-order valence-corrected chi connectivity index (χ0v) is 21.8. The maximum atomic E-state index is 12.9. The molecule has 0 aromatic heterocycles. The Morgan fingerprint density at radius 1 is 0.658 bits per heavy atom. The lowest BCUT2D eigenvalue weighted by Crippen LogP contribution is -2.18. The van der Waals surface area contributed by atoms with Gasteiger partial charge in [-0.2, -0.15) is 0 Å². The third-order valence-corrected chi connectivity index (χ3v) is 5.73. The lowest BCUT2D eigenvalue weighted by molar-refractivity contribution is -0.144. The molecule has 3 aromatic carbocycles. The summed E-state index contributed by atoms with van der Waals surface area (Å²) in [4.78, 5) is 37.5. The number of unbranched alkanes of at least 4 members (excludes halogenated alkanes) is 2. The van der Waals surface area contributed by atoms with Crippen molar-refractivity contribution in [1.82, 2.24) is 0 Å². The van der Waals surface area contributed by atoms with Crippen LogP contribution in [-0.2, 0) is 19.0 Å². The van der Waals surface area contributed by atoms with Crippen LogP contribution in [0.4, 0.5) is 5.69 Å². The maximum Gasteiger partial charge on any atom is 0.338 e. The number of hydrogen-bond donors (Lipinski definition) is 1. The minimum absolute atomic E-state index is 0.0481. The largest absolute Gasteiger partial charge is 0.466 e. The summed E-state index contributed by atoms with van der Waals surface area (Å²) in [5.41, 5.74) is 3.03. The van der Waals surface area contributed by atoms with Gasteiger partial charge in [-0.25, -0.2) is 4.79 Å². The van der Waals surface area contributed by atoms with Crippen LogP contribution in [0.5, 0.6) is 0 Å². The fourth-order valence-corrected chi connectivity index (χ4v) is 3.73. The number of amides is 1. The molecule has 0 spiro atoms. The fourth-order valence-electron chi connectivity index (χ4n) is 3.73. The second kappa shape index (κ2) is 16.0. The number of nitrogens with one attached hydrogen (secondary N) is 1. The molecule has 1 N–H and O–H groups in total. The first-order valence-corrected chi connectivity index (χ1v) is 13.0. The van der Waals surface area contributed by atoms with Gasteiger partial charge in [0.25, 0.3) is 5.91 Å². The van der Waals surface area contributed by atoms with Crippen LogP contribution < -0.4 is 5.32 Å². The van der Waals surface area contributed by atoms with Gasteiger partial charge in [-0.1, -0.05) is 61.5 Å². The predicted molar refractivity (Wildman–Crippen MR) is 147 cm³/mol. The smallest absolute Gasteiger partial charge is 0.338 e. The van der Waals surface area contributed by atoms with Gasteiger partial charge in [-0.05, 0) is 61.1 Å². The van der Waals surface area contributed by atoms with Gasteiger partial charge in [0.2, 0.25) is 0 Å². The van der Waals surface area contributed by atoms with Gasteiger partial charge in [-0.3, -0.25) is 9.59 Å². The van der Waals surface area contributed by atoms with Crippen molar-refractivity contribution < 1.29 is 28.6 Å². The van der Waals surface area contributed by atoms with Gasteiger partial charge in [0, 0.05) is 18.9 Å². The van der Waals surface area contributed by atoms with E-state index in [1.165, 1.54) is 6.07 Å². The summed E-state index contributed by atoms with van der Waals surface area (Å²) in [7, 11) is 0. The van der Waals surface area contributed by atoms with Crippen molar-refractivity contribution in [3.05, 3.63) is 90.0 Å². The Balaban J connectivity index is 1.43. The average Bonchev–Trinajstić information content (AvgIpc) is 2.95. The molecule has 0 aliphatic carbocycles. The van der Waals surface area contributed by atoms with E-state index in [0.717, 1.165) is 50.0 Å². The molecule has 0 fully saturated rings. The molecule has 0 saturated heterocycles. The summed E-state index contributed by atoms with van der Waals surface area (Å²) in [5, 5.41) is 2.83. The van der Waals surface area contributed by atoms with E-state index in [9.17, 15) is 14.4 Å². The highest BCUT2D eigenvalue weighted by Gasteiger charge is 2.18. The SMILES string of the molecule is CCCOCCCCCOC(=O)CCOC(=O)c1ccccc1C(=O)Nc1ccc(-c2ccccc2)cc1. The molecule has 1 amide bonds. The van der Waals surface area contributed by atoms with Crippen molar-refractivity contribution >= 4 is 23.5 Å². The lowest BCUT2D eigenvalue weighted by Gasteiger charge is -2.11. The average molecular weight is 518 g/mol. The van der Waals surface area contributed by atoms with Gasteiger partial charge in [0.05, 0.1) is 24.2 Å². The fraction of sp³-hybridized carbons (Fsp3) is 0.323. The van der Waals surface area contributed by atoms with Crippen molar-refractivity contribution in [3.8, 4) is 11.1 Å². The lowest BCUT2D eigenvalue weighted by atomic mass is 10.0. The van der Waals surface area contributed by atoms with E-state index in [-0.39, 0.29) is 24.2 Å². The molecule has 0 radical (unpaired) electrons. The summed E-state index contributed by atoms with van der Waals surface area (Å²) in [6.45, 7) is 3.76. The zero-order valence-electron chi connectivity index (χ0n) is 21.8. The minimum atomic E-state index is -0.671. The Hall–Kier alpha value is -3.97. The normalized spacial score (nSPS) is 10.6. The van der Waals surface area contributed by atoms with E-state index >= 15 is 0 Å². The van der Waals surface area contributed by atoms with Crippen molar-refractivity contribution in [2.75, 3.05) is 31.7 Å². The Morgan fingerprint density at radius 2 is 1.32 bits per heavy atom. The Bertz CT molecular complexity index is 1160. The molecule has 38 heavy (non-hydrogen) atoms. The molecule has 0 saturated carbocycles. The topological polar surface area (TPSA) is 90.9 Å². The van der Waals surface area contributed by atoms with Crippen LogP contribution in [-0.4, -0.2) is 44.3 Å². The third kappa shape index (κ3) is 9.48. The van der Waals surface area contributed by atoms with Gasteiger partial charge >= 0.3 is 11.9 Å². The number of ether oxygens (including phenoxy) is 3. The highest BCUT2D eigenvalue weighted by atomic mass is 16.5. The van der Waals surface area contributed by atoms with Crippen LogP contribution in [0.1, 0.15) is 59.7 Å². The monoisotopic (exact) mass is 517 g/mol. The van der Waals surface area contributed by atoms with Crippen molar-refractivity contribution in [3.63, 3.8) is 0 Å². The van der Waals surface area contributed by atoms with Crippen LogP contribution in [0.15, 0.2) is 78.9 Å². The number of benzene rings is 3. The van der Waals surface area contributed by atoms with Crippen molar-refractivity contribution in [2.24, 2.45) is 0 Å². The van der Waals surface area contributed by atoms with Crippen LogP contribution >= 0.6 is 0 Å². The number of carbonyl (C=O) groups excluding carboxylic acids is 3. The van der Waals surface area contributed by atoms with E-state index < -0.39 is 17.8 Å². The maximum absolute atomic E-state index is 12.9. The summed E-state index contributed by atoms with van der Waals surface area (Å²) in [6, 6.07) is 23.8. The quantitative estimate of drug-likeness (QED) is 0.188. The summed E-state index contributed by atoms with van der Waals surface area (Å²) in [6.07, 6.45) is 3.57. The van der Waals surface area contributed by atoms with Crippen LogP contribution in [0, 0.1) is 0 Å². The van der Waals surface area contributed by atoms with Crippen molar-refractivity contribution in [1.29, 1.82) is 0 Å². The summed E-state index contributed by atoms with van der Waals surface area (Å²) >= 11 is 0. The highest BCUT2D eigenvalue weighted by Crippen LogP contribution is 2.22. The van der Waals surface area contributed by atoms with E-state index in [4.69, 9.17) is 14.2 Å². The second-order valence-electron chi connectivity index (χ2n) is 8.72. The second-order valence-corrected chi connectivity index (χ2v) is 8.72. The standard InChI is InChI=1S/C31H35NO6/c1-2-20-36-21-9-4-10-22-37-29(33)19-23-38-31(35)28-14-8-7-13-27(28)30(34)32-26-17-15-25(16-18-26)24-11-5-3-6-12-24/h3,5-8,11-18H,2,4,9-10,19-23H2,1H3,(H,32,34). The summed E-state index contributed by atoms with van der Waals surface area (Å²) in [5.74, 6) is -1.52. The van der Waals surface area contributed by atoms with Gasteiger partial charge in [0.15, 0.2) is 0 Å². The van der Waals surface area contributed by atoms with Gasteiger partial charge in [-0.15, -0.1) is 0 Å². The van der Waals surface area contributed by atoms with Crippen LogP contribution in [0.3, 0.4) is 0 Å². The molecule has 200 valence electrons. The molecule has 0 bridgehead atoms. The van der Waals surface area contributed by atoms with Crippen LogP contribution in [0.2, 0.25) is 0 Å². The van der Waals surface area contributed by atoms with E-state index in [1.54, 1.807) is 18.2 Å². The molecule has 0 unspecified atom stereocenters. The first-order chi connectivity index (χ1) is 18.6. The molecule has 0 heterocycles. The number of rotatable bonds is 15. The molecule has 7 nitrogen and oxygen atoms in total. The zero-order chi connectivity index (χ0) is 27.0. The van der Waals surface area contributed by atoms with E-state index in [2.05, 4.69) is 12.2 Å². The number of hydrogen-bond acceptors (Lipinski definition) is 6.